The Balaban J connectivity index is 1.42. The summed E-state index contributed by atoms with van der Waals surface area (Å²) in [5, 5.41) is 9.22. The Kier molecular flexibility index (Phi) is 5.70. The van der Waals surface area contributed by atoms with E-state index in [0.29, 0.717) is 56.1 Å². The summed E-state index contributed by atoms with van der Waals surface area (Å²) < 4.78 is 44.1. The van der Waals surface area contributed by atoms with Crippen molar-refractivity contribution in [2.75, 3.05) is 26.2 Å². The Morgan fingerprint density at radius 2 is 1.76 bits per heavy atom. The van der Waals surface area contributed by atoms with E-state index in [1.807, 2.05) is 29.5 Å². The van der Waals surface area contributed by atoms with Crippen LogP contribution in [-0.2, 0) is 23.6 Å². The smallest absolute Gasteiger partial charge is 0.262 e. The van der Waals surface area contributed by atoms with Gasteiger partial charge in [-0.2, -0.15) is 4.31 Å². The number of benzene rings is 2. The fraction of sp³-hybridized carbons (Fsp3) is 0.348. The predicted molar refractivity (Wildman–Crippen MR) is 126 cm³/mol. The molecule has 4 aromatic rings. The zero-order valence-corrected chi connectivity index (χ0v) is 19.8. The number of aryl methyl sites for hydroxylation is 2. The summed E-state index contributed by atoms with van der Waals surface area (Å²) in [5.74, 6) is 0.683. The van der Waals surface area contributed by atoms with E-state index >= 15 is 0 Å². The minimum atomic E-state index is -3.70. The Bertz CT molecular complexity index is 1550. The third-order valence-corrected chi connectivity index (χ3v) is 8.22. The monoisotopic (exact) mass is 484 g/mol. The maximum Gasteiger partial charge on any atom is 0.262 e. The highest BCUT2D eigenvalue weighted by atomic mass is 32.2. The number of hydrogen-bond donors (Lipinski definition) is 0. The van der Waals surface area contributed by atoms with Gasteiger partial charge in [0.15, 0.2) is 5.82 Å². The summed E-state index contributed by atoms with van der Waals surface area (Å²) in [7, 11) is -2.01. The molecule has 1 fully saturated rings. The Labute approximate surface area is 196 Å². The summed E-state index contributed by atoms with van der Waals surface area (Å²) in [6, 6.07) is 10.6. The summed E-state index contributed by atoms with van der Waals surface area (Å²) in [4.78, 5) is 15.0. The molecule has 1 saturated heterocycles. The number of hydrogen-bond acceptors (Lipinski definition) is 6. The van der Waals surface area contributed by atoms with E-state index < -0.39 is 15.8 Å². The molecule has 178 valence electrons. The summed E-state index contributed by atoms with van der Waals surface area (Å²) in [5.41, 5.74) is 1.62. The van der Waals surface area contributed by atoms with Crippen LogP contribution in [0.15, 0.2) is 52.2 Å². The third kappa shape index (κ3) is 3.89. The SMILES string of the molecule is Cc1ccc2c(c1)c(=O)n(C)c1nnc(CN3CCCN(S(=O)(=O)c4ccc(F)cc4)CC3)n21. The van der Waals surface area contributed by atoms with Crippen LogP contribution in [0.4, 0.5) is 4.39 Å². The van der Waals surface area contributed by atoms with E-state index in [4.69, 9.17) is 0 Å². The van der Waals surface area contributed by atoms with Crippen LogP contribution in [0.25, 0.3) is 16.7 Å². The van der Waals surface area contributed by atoms with Gasteiger partial charge in [-0.15, -0.1) is 10.2 Å². The number of nitrogens with zero attached hydrogens (tertiary/aromatic N) is 6. The van der Waals surface area contributed by atoms with Crippen LogP contribution in [0.1, 0.15) is 17.8 Å². The molecular formula is C23H25FN6O3S. The van der Waals surface area contributed by atoms with Gasteiger partial charge in [0.05, 0.1) is 22.3 Å². The van der Waals surface area contributed by atoms with Crippen LogP contribution < -0.4 is 5.56 Å². The van der Waals surface area contributed by atoms with Gasteiger partial charge in [0, 0.05) is 26.7 Å². The number of rotatable bonds is 4. The van der Waals surface area contributed by atoms with Gasteiger partial charge in [-0.25, -0.2) is 12.8 Å². The number of fused-ring (bicyclic) bond motifs is 3. The van der Waals surface area contributed by atoms with Crippen LogP contribution in [0.2, 0.25) is 0 Å². The molecule has 0 amide bonds. The van der Waals surface area contributed by atoms with Gasteiger partial charge in [0.2, 0.25) is 15.8 Å². The standard InChI is InChI=1S/C23H25FN6O3S/c1-16-4-9-20-19(14-16)22(31)27(2)23-26-25-21(30(20)23)15-28-10-3-11-29(13-12-28)34(32,33)18-7-5-17(24)6-8-18/h4-9,14H,3,10-13,15H2,1-2H3. The molecule has 2 aromatic carbocycles. The molecule has 9 nitrogen and oxygen atoms in total. The average Bonchev–Trinajstić information content (AvgIpc) is 3.07. The highest BCUT2D eigenvalue weighted by Gasteiger charge is 2.27. The molecule has 11 heteroatoms. The summed E-state index contributed by atoms with van der Waals surface area (Å²) >= 11 is 0. The Morgan fingerprint density at radius 3 is 2.53 bits per heavy atom. The quantitative estimate of drug-likeness (QED) is 0.440. The second-order valence-electron chi connectivity index (χ2n) is 8.62. The Hall–Kier alpha value is -3.15. The maximum atomic E-state index is 13.2. The van der Waals surface area contributed by atoms with Gasteiger partial charge in [0.25, 0.3) is 5.56 Å². The molecule has 0 aliphatic carbocycles. The Morgan fingerprint density at radius 1 is 1.00 bits per heavy atom. The van der Waals surface area contributed by atoms with Crippen LogP contribution in [0, 0.1) is 12.7 Å². The normalized spacial score (nSPS) is 16.3. The second kappa shape index (κ2) is 8.57. The van der Waals surface area contributed by atoms with Crippen molar-refractivity contribution in [1.82, 2.24) is 28.4 Å². The molecular weight excluding hydrogens is 459 g/mol. The highest BCUT2D eigenvalue weighted by molar-refractivity contribution is 7.89. The van der Waals surface area contributed by atoms with Gasteiger partial charge in [-0.1, -0.05) is 11.6 Å². The van der Waals surface area contributed by atoms with Crippen molar-refractivity contribution in [2.24, 2.45) is 7.05 Å². The lowest BCUT2D eigenvalue weighted by Gasteiger charge is -2.21. The topological polar surface area (TPSA) is 92.8 Å². The molecule has 5 rings (SSSR count). The van der Waals surface area contributed by atoms with Gasteiger partial charge < -0.3 is 0 Å². The number of aromatic nitrogens is 4. The van der Waals surface area contributed by atoms with Gasteiger partial charge >= 0.3 is 0 Å². The van der Waals surface area contributed by atoms with Crippen molar-refractivity contribution in [3.8, 4) is 0 Å². The van der Waals surface area contributed by atoms with Crippen molar-refractivity contribution in [2.45, 2.75) is 24.8 Å². The van der Waals surface area contributed by atoms with Gasteiger partial charge in [0.1, 0.15) is 5.82 Å². The number of halogens is 1. The van der Waals surface area contributed by atoms with Crippen LogP contribution >= 0.6 is 0 Å². The largest absolute Gasteiger partial charge is 0.295 e. The molecule has 0 unspecified atom stereocenters. The third-order valence-electron chi connectivity index (χ3n) is 6.30. The van der Waals surface area contributed by atoms with Gasteiger partial charge in [-0.05, 0) is 56.3 Å². The molecule has 0 N–H and O–H groups in total. The minimum Gasteiger partial charge on any atom is -0.295 e. The van der Waals surface area contributed by atoms with Crippen LogP contribution in [0.3, 0.4) is 0 Å². The fourth-order valence-corrected chi connectivity index (χ4v) is 5.93. The molecule has 1 aliphatic rings. The summed E-state index contributed by atoms with van der Waals surface area (Å²) in [6.07, 6.45) is 0.648. The minimum absolute atomic E-state index is 0.0912. The molecule has 34 heavy (non-hydrogen) atoms. The number of sulfonamides is 1. The molecule has 0 atom stereocenters. The lowest BCUT2D eigenvalue weighted by Crippen LogP contribution is -2.35. The molecule has 1 aliphatic heterocycles. The first kappa shape index (κ1) is 22.6. The molecule has 0 radical (unpaired) electrons. The van der Waals surface area contributed by atoms with E-state index in [0.717, 1.165) is 23.2 Å². The van der Waals surface area contributed by atoms with E-state index in [1.54, 1.807) is 7.05 Å². The first-order valence-electron chi connectivity index (χ1n) is 11.1. The van der Waals surface area contributed by atoms with E-state index in [2.05, 4.69) is 15.1 Å². The van der Waals surface area contributed by atoms with Crippen molar-refractivity contribution in [1.29, 1.82) is 0 Å². The molecule has 0 spiro atoms. The molecule has 0 bridgehead atoms. The molecule has 3 heterocycles. The van der Waals surface area contributed by atoms with E-state index in [1.165, 1.54) is 21.0 Å². The van der Waals surface area contributed by atoms with Crippen molar-refractivity contribution >= 4 is 26.7 Å². The maximum absolute atomic E-state index is 13.2. The fourth-order valence-electron chi connectivity index (χ4n) is 4.46. The van der Waals surface area contributed by atoms with Crippen LogP contribution in [0.5, 0.6) is 0 Å². The summed E-state index contributed by atoms with van der Waals surface area (Å²) in [6.45, 7) is 4.31. The lowest BCUT2D eigenvalue weighted by molar-refractivity contribution is 0.271. The van der Waals surface area contributed by atoms with Crippen molar-refractivity contribution < 1.29 is 12.8 Å². The average molecular weight is 485 g/mol. The van der Waals surface area contributed by atoms with E-state index in [9.17, 15) is 17.6 Å². The first-order chi connectivity index (χ1) is 16.3. The predicted octanol–water partition coefficient (Wildman–Crippen LogP) is 1.93. The van der Waals surface area contributed by atoms with Crippen molar-refractivity contribution in [3.05, 3.63) is 70.0 Å². The highest BCUT2D eigenvalue weighted by Crippen LogP contribution is 2.20. The zero-order valence-electron chi connectivity index (χ0n) is 19.0. The second-order valence-corrected chi connectivity index (χ2v) is 10.6. The zero-order chi connectivity index (χ0) is 24.0. The van der Waals surface area contributed by atoms with Crippen LogP contribution in [-0.4, -0.2) is 63.0 Å². The molecule has 2 aromatic heterocycles. The molecule has 0 saturated carbocycles. The van der Waals surface area contributed by atoms with Gasteiger partial charge in [-0.3, -0.25) is 18.7 Å². The first-order valence-corrected chi connectivity index (χ1v) is 12.5. The van der Waals surface area contributed by atoms with Crippen molar-refractivity contribution in [3.63, 3.8) is 0 Å². The van der Waals surface area contributed by atoms with E-state index in [-0.39, 0.29) is 10.5 Å². The lowest BCUT2D eigenvalue weighted by atomic mass is 10.1.